The van der Waals surface area contributed by atoms with E-state index in [0.29, 0.717) is 5.56 Å². The van der Waals surface area contributed by atoms with E-state index < -0.39 is 5.82 Å². The Morgan fingerprint density at radius 2 is 2.06 bits per heavy atom. The van der Waals surface area contributed by atoms with Crippen molar-refractivity contribution in [2.45, 2.75) is 6.61 Å². The molecule has 0 atom stereocenters. The highest BCUT2D eigenvalue weighted by molar-refractivity contribution is 5.24. The summed E-state index contributed by atoms with van der Waals surface area (Å²) in [6.45, 7) is 0.138. The molecule has 2 aromatic rings. The first-order valence-electron chi connectivity index (χ1n) is 4.78. The molecule has 0 bridgehead atoms. The van der Waals surface area contributed by atoms with Crippen LogP contribution in [0, 0.1) is 17.7 Å². The molecule has 0 aliphatic rings. The Kier molecular flexibility index (Phi) is 3.15. The fourth-order valence-corrected chi connectivity index (χ4v) is 1.30. The summed E-state index contributed by atoms with van der Waals surface area (Å²) in [6, 6.07) is 12.8. The summed E-state index contributed by atoms with van der Waals surface area (Å²) in [5.41, 5.74) is 0.659. The van der Waals surface area contributed by atoms with Crippen molar-refractivity contribution in [2.75, 3.05) is 0 Å². The predicted octanol–water partition coefficient (Wildman–Crippen LogP) is 3.34. The van der Waals surface area contributed by atoms with E-state index in [4.69, 9.17) is 4.74 Å². The fourth-order valence-electron chi connectivity index (χ4n) is 1.30. The SMILES string of the molecule is Fc1cccc(COc2cc[c]cc2F)c1. The molecule has 0 aliphatic carbocycles. The van der Waals surface area contributed by atoms with Gasteiger partial charge in [-0.15, -0.1) is 0 Å². The van der Waals surface area contributed by atoms with Gasteiger partial charge in [0.1, 0.15) is 12.4 Å². The molecule has 3 heteroatoms. The van der Waals surface area contributed by atoms with E-state index >= 15 is 0 Å². The summed E-state index contributed by atoms with van der Waals surface area (Å²) in [7, 11) is 0. The molecule has 0 N–H and O–H groups in total. The van der Waals surface area contributed by atoms with Crippen LogP contribution in [0.2, 0.25) is 0 Å². The first kappa shape index (κ1) is 10.6. The van der Waals surface area contributed by atoms with Crippen LogP contribution in [0.15, 0.2) is 42.5 Å². The van der Waals surface area contributed by atoms with Crippen LogP contribution < -0.4 is 4.74 Å². The van der Waals surface area contributed by atoms with Crippen LogP contribution in [-0.4, -0.2) is 0 Å². The maximum absolute atomic E-state index is 13.1. The Hall–Kier alpha value is -1.90. The van der Waals surface area contributed by atoms with Gasteiger partial charge in [-0.3, -0.25) is 0 Å². The van der Waals surface area contributed by atoms with E-state index in [1.165, 1.54) is 24.3 Å². The predicted molar refractivity (Wildman–Crippen MR) is 56.0 cm³/mol. The fraction of sp³-hybridized carbons (Fsp3) is 0.0769. The second-order valence-electron chi connectivity index (χ2n) is 3.28. The van der Waals surface area contributed by atoms with Crippen LogP contribution >= 0.6 is 0 Å². The maximum atomic E-state index is 13.1. The summed E-state index contributed by atoms with van der Waals surface area (Å²) in [5.74, 6) is -0.662. The molecule has 0 heterocycles. The Labute approximate surface area is 92.3 Å². The van der Waals surface area contributed by atoms with Crippen molar-refractivity contribution in [2.24, 2.45) is 0 Å². The standard InChI is InChI=1S/C13H9F2O/c14-11-5-3-4-10(8-11)9-16-13-7-2-1-6-12(13)15/h2-8H,9H2. The van der Waals surface area contributed by atoms with Gasteiger partial charge in [0.25, 0.3) is 0 Å². The molecule has 0 aromatic heterocycles. The van der Waals surface area contributed by atoms with Crippen LogP contribution in [0.3, 0.4) is 0 Å². The second kappa shape index (κ2) is 4.75. The molecule has 0 spiro atoms. The molecule has 0 aliphatic heterocycles. The molecule has 0 saturated heterocycles. The number of benzene rings is 2. The van der Waals surface area contributed by atoms with Gasteiger partial charge in [-0.05, 0) is 35.9 Å². The number of rotatable bonds is 3. The lowest BCUT2D eigenvalue weighted by Crippen LogP contribution is -1.97. The van der Waals surface area contributed by atoms with Crippen LogP contribution in [0.4, 0.5) is 8.78 Å². The smallest absolute Gasteiger partial charge is 0.165 e. The van der Waals surface area contributed by atoms with Crippen molar-refractivity contribution in [3.8, 4) is 5.75 Å². The minimum absolute atomic E-state index is 0.138. The summed E-state index contributed by atoms with van der Waals surface area (Å²) in [4.78, 5) is 0. The largest absolute Gasteiger partial charge is 0.486 e. The molecule has 1 nitrogen and oxygen atoms in total. The van der Waals surface area contributed by atoms with Crippen molar-refractivity contribution < 1.29 is 13.5 Å². The average Bonchev–Trinajstić information content (AvgIpc) is 2.28. The molecule has 0 amide bonds. The Morgan fingerprint density at radius 3 is 2.81 bits per heavy atom. The monoisotopic (exact) mass is 219 g/mol. The van der Waals surface area contributed by atoms with Crippen LogP contribution in [0.25, 0.3) is 0 Å². The van der Waals surface area contributed by atoms with Gasteiger partial charge in [-0.1, -0.05) is 18.2 Å². The molecular formula is C13H9F2O. The van der Waals surface area contributed by atoms with Gasteiger partial charge in [-0.25, -0.2) is 8.78 Å². The summed E-state index contributed by atoms with van der Waals surface area (Å²) < 4.78 is 31.2. The van der Waals surface area contributed by atoms with Gasteiger partial charge in [0.2, 0.25) is 0 Å². The molecule has 81 valence electrons. The minimum atomic E-state index is -0.473. The molecule has 2 rings (SSSR count). The second-order valence-corrected chi connectivity index (χ2v) is 3.28. The van der Waals surface area contributed by atoms with Gasteiger partial charge >= 0.3 is 0 Å². The van der Waals surface area contributed by atoms with Crippen molar-refractivity contribution in [3.63, 3.8) is 0 Å². The Bertz CT molecular complexity index is 483. The summed E-state index contributed by atoms with van der Waals surface area (Å²) >= 11 is 0. The summed E-state index contributed by atoms with van der Waals surface area (Å²) in [5, 5.41) is 0. The Morgan fingerprint density at radius 1 is 1.19 bits per heavy atom. The molecule has 0 saturated carbocycles. The van der Waals surface area contributed by atoms with Crippen LogP contribution in [-0.2, 0) is 6.61 Å². The number of halogens is 2. The normalized spacial score (nSPS) is 10.1. The quantitative estimate of drug-likeness (QED) is 0.769. The van der Waals surface area contributed by atoms with E-state index in [-0.39, 0.29) is 18.2 Å². The van der Waals surface area contributed by atoms with Crippen molar-refractivity contribution >= 4 is 0 Å². The van der Waals surface area contributed by atoms with E-state index in [1.807, 2.05) is 0 Å². The lowest BCUT2D eigenvalue weighted by molar-refractivity contribution is 0.289. The topological polar surface area (TPSA) is 9.23 Å². The third-order valence-electron chi connectivity index (χ3n) is 2.06. The average molecular weight is 219 g/mol. The van der Waals surface area contributed by atoms with Crippen molar-refractivity contribution in [3.05, 3.63) is 65.7 Å². The van der Waals surface area contributed by atoms with Crippen LogP contribution in [0.1, 0.15) is 5.56 Å². The highest BCUT2D eigenvalue weighted by Gasteiger charge is 2.02. The van der Waals surface area contributed by atoms with Gasteiger partial charge in [0.15, 0.2) is 11.6 Å². The van der Waals surface area contributed by atoms with Gasteiger partial charge in [0, 0.05) is 0 Å². The Balaban J connectivity index is 2.05. The maximum Gasteiger partial charge on any atom is 0.165 e. The molecule has 1 radical (unpaired) electrons. The lowest BCUT2D eigenvalue weighted by atomic mass is 10.2. The first-order chi connectivity index (χ1) is 7.75. The van der Waals surface area contributed by atoms with E-state index in [9.17, 15) is 8.78 Å². The highest BCUT2D eigenvalue weighted by Crippen LogP contribution is 2.17. The zero-order chi connectivity index (χ0) is 11.4. The molecule has 0 fully saturated rings. The molecular weight excluding hydrogens is 210 g/mol. The minimum Gasteiger partial charge on any atom is -0.486 e. The van der Waals surface area contributed by atoms with Gasteiger partial charge in [0.05, 0.1) is 0 Å². The number of hydrogen-bond donors (Lipinski definition) is 0. The highest BCUT2D eigenvalue weighted by atomic mass is 19.1. The zero-order valence-corrected chi connectivity index (χ0v) is 8.41. The molecule has 16 heavy (non-hydrogen) atoms. The number of hydrogen-bond acceptors (Lipinski definition) is 1. The number of ether oxygens (including phenoxy) is 1. The third-order valence-corrected chi connectivity index (χ3v) is 2.06. The van der Waals surface area contributed by atoms with Gasteiger partial charge < -0.3 is 4.74 Å². The third kappa shape index (κ3) is 2.57. The van der Waals surface area contributed by atoms with Crippen molar-refractivity contribution in [1.82, 2.24) is 0 Å². The first-order valence-corrected chi connectivity index (χ1v) is 4.78. The van der Waals surface area contributed by atoms with Gasteiger partial charge in [-0.2, -0.15) is 0 Å². The summed E-state index contributed by atoms with van der Waals surface area (Å²) in [6.07, 6.45) is 0. The zero-order valence-electron chi connectivity index (χ0n) is 8.41. The van der Waals surface area contributed by atoms with E-state index in [2.05, 4.69) is 6.07 Å². The van der Waals surface area contributed by atoms with E-state index in [0.717, 1.165) is 0 Å². The van der Waals surface area contributed by atoms with E-state index in [1.54, 1.807) is 18.2 Å². The molecule has 0 unspecified atom stereocenters. The van der Waals surface area contributed by atoms with Crippen molar-refractivity contribution in [1.29, 1.82) is 0 Å². The molecule has 2 aromatic carbocycles. The van der Waals surface area contributed by atoms with Crippen LogP contribution in [0.5, 0.6) is 5.75 Å². The lowest BCUT2D eigenvalue weighted by Gasteiger charge is -2.06.